The van der Waals surface area contributed by atoms with E-state index >= 15 is 0 Å². The van der Waals surface area contributed by atoms with Crippen molar-refractivity contribution in [1.29, 1.82) is 0 Å². The molecular weight excluding hydrogens is 271 g/mol. The van der Waals surface area contributed by atoms with Gasteiger partial charge in [-0.05, 0) is 42.1 Å². The first-order chi connectivity index (χ1) is 9.74. The minimum absolute atomic E-state index is 0.158. The van der Waals surface area contributed by atoms with Crippen LogP contribution in [0.15, 0.2) is 18.2 Å². The Morgan fingerprint density at radius 1 is 1.38 bits per heavy atom. The lowest BCUT2D eigenvalue weighted by atomic mass is 9.68. The monoisotopic (exact) mass is 292 g/mol. The summed E-state index contributed by atoms with van der Waals surface area (Å²) in [5, 5.41) is 14.1. The zero-order valence-corrected chi connectivity index (χ0v) is 12.6. The highest BCUT2D eigenvalue weighted by Gasteiger charge is 2.59. The van der Waals surface area contributed by atoms with Gasteiger partial charge in [0, 0.05) is 23.9 Å². The van der Waals surface area contributed by atoms with E-state index in [0.29, 0.717) is 11.6 Å². The summed E-state index contributed by atoms with van der Waals surface area (Å²) in [4.78, 5) is 9.99. The van der Waals surface area contributed by atoms with E-state index in [-0.39, 0.29) is 16.9 Å². The second kappa shape index (κ2) is 4.42. The Balaban J connectivity index is 1.87. The predicted octanol–water partition coefficient (Wildman–Crippen LogP) is 4.36. The lowest BCUT2D eigenvalue weighted by Crippen LogP contribution is -2.45. The summed E-state index contributed by atoms with van der Waals surface area (Å²) in [7, 11) is 0. The molecule has 5 heteroatoms. The molecule has 0 amide bonds. The third-order valence-electron chi connectivity index (χ3n) is 5.73. The number of benzene rings is 1. The van der Waals surface area contributed by atoms with Crippen LogP contribution in [0.1, 0.15) is 40.0 Å². The van der Waals surface area contributed by atoms with Gasteiger partial charge in [-0.15, -0.1) is 0 Å². The summed E-state index contributed by atoms with van der Waals surface area (Å²) in [6, 6.07) is 4.35. The number of halogens is 1. The molecule has 0 saturated heterocycles. The van der Waals surface area contributed by atoms with Gasteiger partial charge in [0.1, 0.15) is 0 Å². The quantitative estimate of drug-likeness (QED) is 0.665. The zero-order chi connectivity index (χ0) is 15.4. The number of nitro benzene ring substituents is 1. The third-order valence-corrected chi connectivity index (χ3v) is 5.73. The van der Waals surface area contributed by atoms with Gasteiger partial charge in [-0.1, -0.05) is 20.8 Å². The van der Waals surface area contributed by atoms with E-state index in [4.69, 9.17) is 0 Å². The average molecular weight is 292 g/mol. The number of hydrogen-bond acceptors (Lipinski definition) is 3. The van der Waals surface area contributed by atoms with Crippen LogP contribution < -0.4 is 5.32 Å². The SMILES string of the molecule is CC1(C)C(Nc2ccc([N+](=O)[O-])c(F)c2)[C@]2(C)CC[C@H]1C2. The van der Waals surface area contributed by atoms with Gasteiger partial charge in [-0.25, -0.2) is 0 Å². The Hall–Kier alpha value is -1.65. The lowest BCUT2D eigenvalue weighted by molar-refractivity contribution is -0.387. The molecule has 2 aliphatic rings. The lowest BCUT2D eigenvalue weighted by Gasteiger charge is -2.43. The van der Waals surface area contributed by atoms with Crippen molar-refractivity contribution in [3.63, 3.8) is 0 Å². The summed E-state index contributed by atoms with van der Waals surface area (Å²) >= 11 is 0. The van der Waals surface area contributed by atoms with Crippen LogP contribution in [0.3, 0.4) is 0 Å². The Labute approximate surface area is 123 Å². The highest BCUT2D eigenvalue weighted by atomic mass is 19.1. The van der Waals surface area contributed by atoms with E-state index in [1.54, 1.807) is 6.07 Å². The van der Waals surface area contributed by atoms with Gasteiger partial charge < -0.3 is 5.32 Å². The van der Waals surface area contributed by atoms with Gasteiger partial charge in [-0.2, -0.15) is 4.39 Å². The Morgan fingerprint density at radius 3 is 2.62 bits per heavy atom. The van der Waals surface area contributed by atoms with Gasteiger partial charge in [0.2, 0.25) is 5.82 Å². The maximum Gasteiger partial charge on any atom is 0.304 e. The Morgan fingerprint density at radius 2 is 2.10 bits per heavy atom. The van der Waals surface area contributed by atoms with Crippen LogP contribution in [-0.4, -0.2) is 11.0 Å². The molecule has 1 aromatic rings. The molecule has 0 radical (unpaired) electrons. The van der Waals surface area contributed by atoms with Gasteiger partial charge in [-0.3, -0.25) is 10.1 Å². The molecule has 3 rings (SSSR count). The minimum Gasteiger partial charge on any atom is -0.381 e. The number of rotatable bonds is 3. The molecule has 2 fully saturated rings. The molecule has 2 aliphatic carbocycles. The molecule has 2 bridgehead atoms. The van der Waals surface area contributed by atoms with Crippen molar-refractivity contribution in [1.82, 2.24) is 0 Å². The van der Waals surface area contributed by atoms with Crippen molar-refractivity contribution < 1.29 is 9.31 Å². The molecule has 1 unspecified atom stereocenters. The predicted molar refractivity (Wildman–Crippen MR) is 79.7 cm³/mol. The molecule has 3 atom stereocenters. The molecule has 0 heterocycles. The molecule has 21 heavy (non-hydrogen) atoms. The first-order valence-electron chi connectivity index (χ1n) is 7.44. The van der Waals surface area contributed by atoms with E-state index < -0.39 is 16.4 Å². The molecule has 1 N–H and O–H groups in total. The molecule has 0 aliphatic heterocycles. The van der Waals surface area contributed by atoms with Crippen LogP contribution in [0.2, 0.25) is 0 Å². The van der Waals surface area contributed by atoms with Crippen LogP contribution in [0.5, 0.6) is 0 Å². The number of nitrogens with zero attached hydrogens (tertiary/aromatic N) is 1. The number of nitro groups is 1. The second-order valence-electron chi connectivity index (χ2n) is 7.42. The van der Waals surface area contributed by atoms with Crippen molar-refractivity contribution >= 4 is 11.4 Å². The van der Waals surface area contributed by atoms with E-state index in [1.165, 1.54) is 31.4 Å². The van der Waals surface area contributed by atoms with Gasteiger partial charge in [0.25, 0.3) is 0 Å². The van der Waals surface area contributed by atoms with E-state index in [1.807, 2.05) is 0 Å². The molecule has 0 spiro atoms. The summed E-state index contributed by atoms with van der Waals surface area (Å²) in [5.41, 5.74) is 0.543. The van der Waals surface area contributed by atoms with Crippen molar-refractivity contribution in [2.45, 2.75) is 46.1 Å². The van der Waals surface area contributed by atoms with E-state index in [0.717, 1.165) is 0 Å². The topological polar surface area (TPSA) is 55.2 Å². The fourth-order valence-corrected chi connectivity index (χ4v) is 4.57. The fraction of sp³-hybridized carbons (Fsp3) is 0.625. The molecule has 0 aromatic heterocycles. The molecule has 114 valence electrons. The van der Waals surface area contributed by atoms with Crippen molar-refractivity contribution in [3.8, 4) is 0 Å². The summed E-state index contributed by atoms with van der Waals surface area (Å²) < 4.78 is 13.8. The zero-order valence-electron chi connectivity index (χ0n) is 12.6. The van der Waals surface area contributed by atoms with Crippen LogP contribution >= 0.6 is 0 Å². The molecule has 4 nitrogen and oxygen atoms in total. The number of anilines is 1. The third kappa shape index (κ3) is 2.10. The van der Waals surface area contributed by atoms with Gasteiger partial charge >= 0.3 is 5.69 Å². The average Bonchev–Trinajstić information content (AvgIpc) is 2.85. The largest absolute Gasteiger partial charge is 0.381 e. The van der Waals surface area contributed by atoms with Gasteiger partial charge in [0.15, 0.2) is 0 Å². The highest BCUT2D eigenvalue weighted by Crippen LogP contribution is 2.63. The maximum absolute atomic E-state index is 13.8. The number of nitrogens with one attached hydrogen (secondary N) is 1. The van der Waals surface area contributed by atoms with Crippen LogP contribution in [0.25, 0.3) is 0 Å². The van der Waals surface area contributed by atoms with E-state index in [2.05, 4.69) is 26.1 Å². The Kier molecular flexibility index (Phi) is 3.01. The normalized spacial score (nSPS) is 33.1. The second-order valence-corrected chi connectivity index (χ2v) is 7.42. The maximum atomic E-state index is 13.8. The van der Waals surface area contributed by atoms with Crippen molar-refractivity contribution in [2.75, 3.05) is 5.32 Å². The van der Waals surface area contributed by atoms with Gasteiger partial charge in [0.05, 0.1) is 4.92 Å². The summed E-state index contributed by atoms with van der Waals surface area (Å²) in [5.74, 6) is -0.0842. The molecule has 2 saturated carbocycles. The van der Waals surface area contributed by atoms with Crippen LogP contribution in [-0.2, 0) is 0 Å². The number of hydrogen-bond donors (Lipinski definition) is 1. The fourth-order valence-electron chi connectivity index (χ4n) is 4.57. The Bertz CT molecular complexity index is 597. The van der Waals surface area contributed by atoms with Crippen LogP contribution in [0, 0.1) is 32.7 Å². The summed E-state index contributed by atoms with van der Waals surface area (Å²) in [6.45, 7) is 6.82. The first-order valence-corrected chi connectivity index (χ1v) is 7.44. The van der Waals surface area contributed by atoms with E-state index in [9.17, 15) is 14.5 Å². The first kappa shape index (κ1) is 14.3. The van der Waals surface area contributed by atoms with Crippen molar-refractivity contribution in [3.05, 3.63) is 34.1 Å². The molecular formula is C16H21FN2O2. The molecule has 1 aromatic carbocycles. The van der Waals surface area contributed by atoms with Crippen LogP contribution in [0.4, 0.5) is 15.8 Å². The minimum atomic E-state index is -0.781. The number of fused-ring (bicyclic) bond motifs is 2. The van der Waals surface area contributed by atoms with Crippen molar-refractivity contribution in [2.24, 2.45) is 16.7 Å². The summed E-state index contributed by atoms with van der Waals surface area (Å²) in [6.07, 6.45) is 3.65. The standard InChI is InChI=1S/C16H21FN2O2/c1-15(2)10-6-7-16(3,9-10)14(15)18-11-4-5-13(19(20)21)12(17)8-11/h4-5,8,10,14,18H,6-7,9H2,1-3H3/t10-,14?,16+/m0/s1. The smallest absolute Gasteiger partial charge is 0.304 e. The highest BCUT2D eigenvalue weighted by molar-refractivity contribution is 5.51.